The first-order chi connectivity index (χ1) is 11.6. The molecule has 0 bridgehead atoms. The highest BCUT2D eigenvalue weighted by Gasteiger charge is 2.42. The van der Waals surface area contributed by atoms with Gasteiger partial charge < -0.3 is 10.6 Å². The molecule has 4 rings (SSSR count). The highest BCUT2D eigenvalue weighted by Crippen LogP contribution is 2.37. The quantitative estimate of drug-likeness (QED) is 0.913. The molecule has 1 amide bonds. The number of thiazole rings is 1. The van der Waals surface area contributed by atoms with Crippen molar-refractivity contribution in [2.24, 2.45) is 17.6 Å². The van der Waals surface area contributed by atoms with E-state index in [1.165, 1.54) is 11.3 Å². The van der Waals surface area contributed by atoms with Crippen molar-refractivity contribution in [2.45, 2.75) is 25.3 Å². The second kappa shape index (κ2) is 6.47. The maximum atomic E-state index is 12.6. The lowest BCUT2D eigenvalue weighted by atomic mass is 9.98. The van der Waals surface area contributed by atoms with Gasteiger partial charge in [-0.15, -0.1) is 11.3 Å². The molecule has 4 nitrogen and oxygen atoms in total. The predicted molar refractivity (Wildman–Crippen MR) is 97.0 cm³/mol. The van der Waals surface area contributed by atoms with Gasteiger partial charge in [0.05, 0.1) is 17.1 Å². The Morgan fingerprint density at radius 3 is 2.96 bits per heavy atom. The second-order valence-electron chi connectivity index (χ2n) is 6.76. The topological polar surface area (TPSA) is 59.2 Å². The zero-order valence-electron chi connectivity index (χ0n) is 13.3. The number of hydrogen-bond acceptors (Lipinski definition) is 4. The number of amides is 1. The summed E-state index contributed by atoms with van der Waals surface area (Å²) >= 11 is 7.76. The molecule has 2 N–H and O–H groups in total. The zero-order valence-corrected chi connectivity index (χ0v) is 14.9. The van der Waals surface area contributed by atoms with Gasteiger partial charge in [-0.05, 0) is 30.7 Å². The summed E-state index contributed by atoms with van der Waals surface area (Å²) in [5, 5.41) is 3.51. The van der Waals surface area contributed by atoms with Gasteiger partial charge >= 0.3 is 0 Å². The molecular weight excluding hydrogens is 342 g/mol. The number of aromatic nitrogens is 1. The van der Waals surface area contributed by atoms with E-state index >= 15 is 0 Å². The standard InChI is InChI=1S/C18H20ClN3OS/c19-15-4-2-1-3-13(15)18-21-12(10-24-18)7-17(23)22-8-11-5-6-16(20)14(11)9-22/h1-4,10-11,14,16H,5-9,20H2. The molecule has 1 saturated heterocycles. The van der Waals surface area contributed by atoms with Crippen LogP contribution in [0.3, 0.4) is 0 Å². The monoisotopic (exact) mass is 361 g/mol. The van der Waals surface area contributed by atoms with Crippen molar-refractivity contribution in [3.8, 4) is 10.6 Å². The minimum Gasteiger partial charge on any atom is -0.342 e. The van der Waals surface area contributed by atoms with Gasteiger partial charge in [-0.3, -0.25) is 4.79 Å². The van der Waals surface area contributed by atoms with Crippen molar-refractivity contribution < 1.29 is 4.79 Å². The molecule has 1 saturated carbocycles. The van der Waals surface area contributed by atoms with Gasteiger partial charge in [0.2, 0.25) is 5.91 Å². The van der Waals surface area contributed by atoms with E-state index in [9.17, 15) is 4.79 Å². The summed E-state index contributed by atoms with van der Waals surface area (Å²) < 4.78 is 0. The normalized spacial score (nSPS) is 25.9. The average Bonchev–Trinajstić information content (AvgIpc) is 3.26. The lowest BCUT2D eigenvalue weighted by molar-refractivity contribution is -0.129. The minimum atomic E-state index is 0.160. The van der Waals surface area contributed by atoms with Gasteiger partial charge in [0, 0.05) is 30.1 Å². The zero-order chi connectivity index (χ0) is 16.7. The van der Waals surface area contributed by atoms with Gasteiger partial charge in [0.25, 0.3) is 0 Å². The smallest absolute Gasteiger partial charge is 0.228 e. The molecule has 24 heavy (non-hydrogen) atoms. The SMILES string of the molecule is NC1CCC2CN(C(=O)Cc3csc(-c4ccccc4Cl)n3)CC12. The molecule has 2 aliphatic rings. The molecule has 2 aromatic rings. The molecule has 2 fully saturated rings. The molecule has 3 atom stereocenters. The Morgan fingerprint density at radius 2 is 2.17 bits per heavy atom. The van der Waals surface area contributed by atoms with Crippen LogP contribution in [0, 0.1) is 11.8 Å². The van der Waals surface area contributed by atoms with Crippen molar-refractivity contribution in [1.29, 1.82) is 0 Å². The molecule has 6 heteroatoms. The van der Waals surface area contributed by atoms with E-state index in [1.54, 1.807) is 0 Å². The summed E-state index contributed by atoms with van der Waals surface area (Å²) in [5.41, 5.74) is 7.90. The maximum absolute atomic E-state index is 12.6. The number of likely N-dealkylation sites (tertiary alicyclic amines) is 1. The lowest BCUT2D eigenvalue weighted by Crippen LogP contribution is -2.34. The summed E-state index contributed by atoms with van der Waals surface area (Å²) in [6.07, 6.45) is 2.61. The Kier molecular flexibility index (Phi) is 4.33. The predicted octanol–water partition coefficient (Wildman–Crippen LogP) is 3.20. The fourth-order valence-corrected chi connectivity index (χ4v) is 5.06. The lowest BCUT2D eigenvalue weighted by Gasteiger charge is -2.18. The van der Waals surface area contributed by atoms with Crippen LogP contribution in [0.1, 0.15) is 18.5 Å². The van der Waals surface area contributed by atoms with Crippen LogP contribution in [0.2, 0.25) is 5.02 Å². The summed E-state index contributed by atoms with van der Waals surface area (Å²) in [4.78, 5) is 19.2. The molecular formula is C18H20ClN3OS. The van der Waals surface area contributed by atoms with Crippen LogP contribution in [0.4, 0.5) is 0 Å². The van der Waals surface area contributed by atoms with Crippen molar-refractivity contribution >= 4 is 28.8 Å². The Balaban J connectivity index is 1.43. The number of nitrogens with two attached hydrogens (primary N) is 1. The molecule has 2 heterocycles. The first kappa shape index (κ1) is 16.1. The number of nitrogens with zero attached hydrogens (tertiary/aromatic N) is 2. The molecule has 0 spiro atoms. The molecule has 0 radical (unpaired) electrons. The van der Waals surface area contributed by atoms with Gasteiger partial charge in [-0.2, -0.15) is 0 Å². The highest BCUT2D eigenvalue weighted by molar-refractivity contribution is 7.13. The summed E-state index contributed by atoms with van der Waals surface area (Å²) in [7, 11) is 0. The number of carbonyl (C=O) groups excluding carboxylic acids is 1. The van der Waals surface area contributed by atoms with Gasteiger partial charge in [-0.1, -0.05) is 29.8 Å². The van der Waals surface area contributed by atoms with E-state index in [-0.39, 0.29) is 11.9 Å². The number of hydrogen-bond donors (Lipinski definition) is 1. The van der Waals surface area contributed by atoms with Crippen LogP contribution in [0.15, 0.2) is 29.6 Å². The van der Waals surface area contributed by atoms with Crippen molar-refractivity contribution in [2.75, 3.05) is 13.1 Å². The minimum absolute atomic E-state index is 0.160. The summed E-state index contributed by atoms with van der Waals surface area (Å²) in [5.74, 6) is 1.24. The van der Waals surface area contributed by atoms with Gasteiger partial charge in [0.1, 0.15) is 5.01 Å². The van der Waals surface area contributed by atoms with Crippen LogP contribution < -0.4 is 5.73 Å². The molecule has 1 aliphatic carbocycles. The van der Waals surface area contributed by atoms with Crippen molar-refractivity contribution in [3.05, 3.63) is 40.4 Å². The average molecular weight is 362 g/mol. The Labute approximate surface area is 150 Å². The molecule has 1 aromatic carbocycles. The number of fused-ring (bicyclic) bond motifs is 1. The van der Waals surface area contributed by atoms with E-state index in [0.29, 0.717) is 23.3 Å². The maximum Gasteiger partial charge on any atom is 0.228 e. The molecule has 1 aromatic heterocycles. The van der Waals surface area contributed by atoms with Crippen LogP contribution in [0.5, 0.6) is 0 Å². The Morgan fingerprint density at radius 1 is 1.33 bits per heavy atom. The highest BCUT2D eigenvalue weighted by atomic mass is 35.5. The first-order valence-electron chi connectivity index (χ1n) is 8.34. The van der Waals surface area contributed by atoms with Crippen LogP contribution in [0.25, 0.3) is 10.6 Å². The third-order valence-corrected chi connectivity index (χ3v) is 6.51. The van der Waals surface area contributed by atoms with Crippen molar-refractivity contribution in [1.82, 2.24) is 9.88 Å². The molecule has 1 aliphatic heterocycles. The van der Waals surface area contributed by atoms with E-state index in [4.69, 9.17) is 17.3 Å². The fraction of sp³-hybridized carbons (Fsp3) is 0.444. The van der Waals surface area contributed by atoms with Crippen LogP contribution in [-0.2, 0) is 11.2 Å². The molecule has 3 unspecified atom stereocenters. The number of halogens is 1. The Bertz CT molecular complexity index is 762. The van der Waals surface area contributed by atoms with Gasteiger partial charge in [-0.25, -0.2) is 4.98 Å². The third-order valence-electron chi connectivity index (χ3n) is 5.25. The first-order valence-corrected chi connectivity index (χ1v) is 9.60. The van der Waals surface area contributed by atoms with Crippen LogP contribution >= 0.6 is 22.9 Å². The molecule has 126 valence electrons. The number of carbonyl (C=O) groups is 1. The van der Waals surface area contributed by atoms with Gasteiger partial charge in [0.15, 0.2) is 0 Å². The number of rotatable bonds is 3. The summed E-state index contributed by atoms with van der Waals surface area (Å²) in [6.45, 7) is 1.67. The Hall–Kier alpha value is -1.43. The number of benzene rings is 1. The second-order valence-corrected chi connectivity index (χ2v) is 8.03. The largest absolute Gasteiger partial charge is 0.342 e. The van der Waals surface area contributed by atoms with E-state index in [0.717, 1.165) is 42.2 Å². The fourth-order valence-electron chi connectivity index (χ4n) is 3.92. The third kappa shape index (κ3) is 2.96. The summed E-state index contributed by atoms with van der Waals surface area (Å²) in [6, 6.07) is 7.92. The van der Waals surface area contributed by atoms with Crippen LogP contribution in [-0.4, -0.2) is 34.9 Å². The van der Waals surface area contributed by atoms with Crippen molar-refractivity contribution in [3.63, 3.8) is 0 Å². The van der Waals surface area contributed by atoms with E-state index in [1.807, 2.05) is 34.5 Å². The van der Waals surface area contributed by atoms with E-state index < -0.39 is 0 Å². The van der Waals surface area contributed by atoms with E-state index in [2.05, 4.69) is 4.98 Å².